The maximum atomic E-state index is 12.3. The van der Waals surface area contributed by atoms with Gasteiger partial charge in [-0.2, -0.15) is 0 Å². The molecule has 10 heteroatoms. The van der Waals surface area contributed by atoms with Gasteiger partial charge in [0.25, 0.3) is 0 Å². The molecule has 0 aliphatic heterocycles. The van der Waals surface area contributed by atoms with Gasteiger partial charge in [-0.1, -0.05) is 6.07 Å². The molecule has 0 aliphatic carbocycles. The summed E-state index contributed by atoms with van der Waals surface area (Å²) < 4.78 is 58.4. The first-order chi connectivity index (χ1) is 12.2. The van der Waals surface area contributed by atoms with Gasteiger partial charge in [-0.25, -0.2) is 26.3 Å². The summed E-state index contributed by atoms with van der Waals surface area (Å²) in [6.45, 7) is 1.50. The maximum Gasteiger partial charge on any atom is 0.240 e. The first-order valence-corrected chi connectivity index (χ1v) is 10.9. The van der Waals surface area contributed by atoms with Gasteiger partial charge in [-0.3, -0.25) is 4.98 Å². The molecule has 0 saturated heterocycles. The number of benzene rings is 1. The van der Waals surface area contributed by atoms with E-state index in [-0.39, 0.29) is 23.7 Å². The van der Waals surface area contributed by atoms with Crippen LogP contribution in [-0.2, 0) is 26.6 Å². The number of aromatic nitrogens is 1. The lowest BCUT2D eigenvalue weighted by molar-refractivity contribution is 0.414. The van der Waals surface area contributed by atoms with Crippen molar-refractivity contribution < 1.29 is 21.6 Å². The number of hydrogen-bond acceptors (Lipinski definition) is 6. The highest BCUT2D eigenvalue weighted by Gasteiger charge is 2.18. The van der Waals surface area contributed by atoms with Gasteiger partial charge in [0, 0.05) is 25.5 Å². The Balaban J connectivity index is 1.93. The number of nitrogens with zero attached hydrogens (tertiary/aromatic N) is 1. The first kappa shape index (κ1) is 20.3. The van der Waals surface area contributed by atoms with E-state index in [0.717, 1.165) is 0 Å². The number of ether oxygens (including phenoxy) is 1. The standard InChI is InChI=1S/C16H21N3O5S2/c1-13-10-15(24-2)5-6-16(13)26(22,23)18-8-9-25(20,21)19-12-14-4-3-7-17-11-14/h3-7,10-11,18-19H,8-9,12H2,1-2H3. The second-order valence-electron chi connectivity index (χ2n) is 5.53. The molecule has 0 radical (unpaired) electrons. The lowest BCUT2D eigenvalue weighted by atomic mass is 10.2. The zero-order chi connectivity index (χ0) is 19.2. The van der Waals surface area contributed by atoms with Gasteiger partial charge in [0.2, 0.25) is 20.0 Å². The molecule has 0 fully saturated rings. The van der Waals surface area contributed by atoms with Crippen molar-refractivity contribution in [2.24, 2.45) is 0 Å². The largest absolute Gasteiger partial charge is 0.497 e. The van der Waals surface area contributed by atoms with Crippen molar-refractivity contribution in [2.45, 2.75) is 18.4 Å². The minimum absolute atomic E-state index is 0.0824. The average Bonchev–Trinajstić information content (AvgIpc) is 2.60. The average molecular weight is 399 g/mol. The van der Waals surface area contributed by atoms with E-state index in [9.17, 15) is 16.8 Å². The number of sulfonamides is 2. The number of aryl methyl sites for hydroxylation is 1. The van der Waals surface area contributed by atoms with Gasteiger partial charge in [-0.15, -0.1) is 0 Å². The van der Waals surface area contributed by atoms with E-state index in [0.29, 0.717) is 16.9 Å². The van der Waals surface area contributed by atoms with E-state index in [2.05, 4.69) is 14.4 Å². The molecule has 0 atom stereocenters. The van der Waals surface area contributed by atoms with E-state index in [1.807, 2.05) is 0 Å². The second-order valence-corrected chi connectivity index (χ2v) is 9.19. The topological polar surface area (TPSA) is 114 Å². The number of hydrogen-bond donors (Lipinski definition) is 2. The smallest absolute Gasteiger partial charge is 0.240 e. The van der Waals surface area contributed by atoms with Crippen LogP contribution in [0.2, 0.25) is 0 Å². The summed E-state index contributed by atoms with van der Waals surface area (Å²) in [6.07, 6.45) is 3.14. The van der Waals surface area contributed by atoms with E-state index in [1.54, 1.807) is 37.5 Å². The van der Waals surface area contributed by atoms with Crippen LogP contribution in [0.15, 0.2) is 47.6 Å². The fourth-order valence-electron chi connectivity index (χ4n) is 2.21. The number of nitrogens with one attached hydrogen (secondary N) is 2. The number of pyridine rings is 1. The van der Waals surface area contributed by atoms with Crippen LogP contribution in [0.25, 0.3) is 0 Å². The molecule has 8 nitrogen and oxygen atoms in total. The summed E-state index contributed by atoms with van der Waals surface area (Å²) >= 11 is 0. The molecule has 1 aromatic carbocycles. The highest BCUT2D eigenvalue weighted by molar-refractivity contribution is 7.90. The fraction of sp³-hybridized carbons (Fsp3) is 0.312. The van der Waals surface area contributed by atoms with Crippen molar-refractivity contribution in [1.82, 2.24) is 14.4 Å². The zero-order valence-electron chi connectivity index (χ0n) is 14.5. The lowest BCUT2D eigenvalue weighted by Gasteiger charge is -2.11. The van der Waals surface area contributed by atoms with Crippen LogP contribution < -0.4 is 14.2 Å². The van der Waals surface area contributed by atoms with E-state index < -0.39 is 20.0 Å². The van der Waals surface area contributed by atoms with Gasteiger partial charge >= 0.3 is 0 Å². The van der Waals surface area contributed by atoms with Gasteiger partial charge in [-0.05, 0) is 42.3 Å². The fourth-order valence-corrected chi connectivity index (χ4v) is 4.49. The van der Waals surface area contributed by atoms with Crippen LogP contribution in [0, 0.1) is 6.92 Å². The van der Waals surface area contributed by atoms with Crippen LogP contribution in [0.1, 0.15) is 11.1 Å². The third-order valence-corrected chi connectivity index (χ3v) is 6.50. The predicted molar refractivity (Wildman–Crippen MR) is 97.8 cm³/mol. The van der Waals surface area contributed by atoms with Crippen LogP contribution in [0.4, 0.5) is 0 Å². The molecular formula is C16H21N3O5S2. The Morgan fingerprint density at radius 1 is 1.12 bits per heavy atom. The highest BCUT2D eigenvalue weighted by Crippen LogP contribution is 2.20. The summed E-state index contributed by atoms with van der Waals surface area (Å²) in [4.78, 5) is 3.98. The van der Waals surface area contributed by atoms with Gasteiger partial charge in [0.05, 0.1) is 17.8 Å². The Labute approximate surface area is 153 Å². The van der Waals surface area contributed by atoms with Crippen LogP contribution in [0.5, 0.6) is 5.75 Å². The van der Waals surface area contributed by atoms with Crippen molar-refractivity contribution in [3.63, 3.8) is 0 Å². The number of rotatable bonds is 9. The molecule has 1 heterocycles. The van der Waals surface area contributed by atoms with Crippen LogP contribution in [0.3, 0.4) is 0 Å². The molecule has 0 aliphatic rings. The van der Waals surface area contributed by atoms with Crippen molar-refractivity contribution in [3.8, 4) is 5.75 Å². The molecule has 2 aromatic rings. The van der Waals surface area contributed by atoms with Gasteiger partial charge < -0.3 is 4.74 Å². The molecule has 1 aromatic heterocycles. The molecule has 0 bridgehead atoms. The van der Waals surface area contributed by atoms with E-state index in [4.69, 9.17) is 4.74 Å². The van der Waals surface area contributed by atoms with Crippen molar-refractivity contribution in [2.75, 3.05) is 19.4 Å². The highest BCUT2D eigenvalue weighted by atomic mass is 32.2. The van der Waals surface area contributed by atoms with E-state index >= 15 is 0 Å². The summed E-state index contributed by atoms with van der Waals surface area (Å²) in [5.41, 5.74) is 1.22. The quantitative estimate of drug-likeness (QED) is 0.644. The Kier molecular flexibility index (Phi) is 6.70. The minimum Gasteiger partial charge on any atom is -0.497 e. The summed E-state index contributed by atoms with van der Waals surface area (Å²) in [5.74, 6) is 0.172. The molecule has 2 N–H and O–H groups in total. The monoisotopic (exact) mass is 399 g/mol. The Morgan fingerprint density at radius 3 is 2.50 bits per heavy atom. The zero-order valence-corrected chi connectivity index (χ0v) is 16.1. The predicted octanol–water partition coefficient (Wildman–Crippen LogP) is 0.797. The minimum atomic E-state index is -3.81. The van der Waals surface area contributed by atoms with Crippen molar-refractivity contribution in [1.29, 1.82) is 0 Å². The van der Waals surface area contributed by atoms with Gasteiger partial charge in [0.1, 0.15) is 5.75 Å². The Morgan fingerprint density at radius 2 is 1.88 bits per heavy atom. The normalized spacial score (nSPS) is 12.1. The van der Waals surface area contributed by atoms with Crippen LogP contribution in [-0.4, -0.2) is 41.2 Å². The third-order valence-electron chi connectivity index (χ3n) is 3.55. The summed E-state index contributed by atoms with van der Waals surface area (Å²) in [6, 6.07) is 8.00. The summed E-state index contributed by atoms with van der Waals surface area (Å²) in [7, 11) is -5.95. The third kappa shape index (κ3) is 5.77. The Bertz CT molecular complexity index is 945. The maximum absolute atomic E-state index is 12.3. The molecule has 0 amide bonds. The lowest BCUT2D eigenvalue weighted by Crippen LogP contribution is -2.34. The molecule has 0 spiro atoms. The van der Waals surface area contributed by atoms with Crippen molar-refractivity contribution >= 4 is 20.0 Å². The molecule has 2 rings (SSSR count). The SMILES string of the molecule is COc1ccc(S(=O)(=O)NCCS(=O)(=O)NCc2cccnc2)c(C)c1. The molecule has 0 unspecified atom stereocenters. The molecular weight excluding hydrogens is 378 g/mol. The number of methoxy groups -OCH3 is 1. The summed E-state index contributed by atoms with van der Waals surface area (Å²) in [5, 5.41) is 0. The first-order valence-electron chi connectivity index (χ1n) is 7.74. The molecule has 142 valence electrons. The Hall–Kier alpha value is -2.01. The molecule has 26 heavy (non-hydrogen) atoms. The van der Waals surface area contributed by atoms with E-state index in [1.165, 1.54) is 19.2 Å². The second kappa shape index (κ2) is 8.58. The van der Waals surface area contributed by atoms with Crippen molar-refractivity contribution in [3.05, 3.63) is 53.9 Å². The molecule has 0 saturated carbocycles. The van der Waals surface area contributed by atoms with Gasteiger partial charge in [0.15, 0.2) is 0 Å². The van der Waals surface area contributed by atoms with Crippen LogP contribution >= 0.6 is 0 Å².